The number of imidazole rings is 1. The monoisotopic (exact) mass is 429 g/mol. The smallest absolute Gasteiger partial charge is 0.174 e. The highest BCUT2D eigenvalue weighted by molar-refractivity contribution is 5.69. The lowest BCUT2D eigenvalue weighted by atomic mass is 9.91. The molecule has 2 aromatic heterocycles. The maximum absolute atomic E-state index is 13.3. The maximum Gasteiger partial charge on any atom is 0.174 e. The van der Waals surface area contributed by atoms with Crippen molar-refractivity contribution in [2.24, 2.45) is 0 Å². The molecule has 6 nitrogen and oxygen atoms in total. The number of hydrogen-bond donors (Lipinski definition) is 0. The van der Waals surface area contributed by atoms with Crippen LogP contribution in [0.2, 0.25) is 0 Å². The summed E-state index contributed by atoms with van der Waals surface area (Å²) < 4.78 is 22.9. The topological polar surface area (TPSA) is 57.8 Å². The van der Waals surface area contributed by atoms with Gasteiger partial charge < -0.3 is 9.30 Å². The average molecular weight is 429 g/mol. The van der Waals surface area contributed by atoms with Crippen molar-refractivity contribution in [3.05, 3.63) is 89.3 Å². The quantitative estimate of drug-likeness (QED) is 0.447. The molecule has 0 fully saturated rings. The molecule has 0 saturated carbocycles. The summed E-state index contributed by atoms with van der Waals surface area (Å²) in [5, 5.41) is 4.67. The summed E-state index contributed by atoms with van der Waals surface area (Å²) in [6.45, 7) is 2.80. The minimum atomic E-state index is -0.223. The van der Waals surface area contributed by atoms with Gasteiger partial charge in [-0.05, 0) is 61.2 Å². The van der Waals surface area contributed by atoms with Gasteiger partial charge in [-0.1, -0.05) is 24.3 Å². The van der Waals surface area contributed by atoms with Crippen molar-refractivity contribution in [3.63, 3.8) is 0 Å². The SMILES string of the molecule is COc1cc(/C=C/c2nc3n(n2)CCCC3c2ccc(F)cc2)ccc1-n1cnc(C)c1. The number of halogens is 1. The van der Waals surface area contributed by atoms with Gasteiger partial charge >= 0.3 is 0 Å². The Kier molecular flexibility index (Phi) is 5.31. The first-order chi connectivity index (χ1) is 15.6. The van der Waals surface area contributed by atoms with Gasteiger partial charge in [-0.15, -0.1) is 0 Å². The van der Waals surface area contributed by atoms with Crippen LogP contribution in [0.4, 0.5) is 4.39 Å². The van der Waals surface area contributed by atoms with E-state index in [4.69, 9.17) is 9.72 Å². The molecule has 1 aliphatic heterocycles. The lowest BCUT2D eigenvalue weighted by Crippen LogP contribution is -2.17. The van der Waals surface area contributed by atoms with E-state index in [1.807, 2.05) is 64.9 Å². The highest BCUT2D eigenvalue weighted by atomic mass is 19.1. The molecule has 4 aromatic rings. The summed E-state index contributed by atoms with van der Waals surface area (Å²) in [7, 11) is 1.66. The fourth-order valence-electron chi connectivity index (χ4n) is 4.19. The van der Waals surface area contributed by atoms with E-state index in [-0.39, 0.29) is 11.7 Å². The van der Waals surface area contributed by atoms with E-state index in [1.165, 1.54) is 12.1 Å². The van der Waals surface area contributed by atoms with E-state index >= 15 is 0 Å². The highest BCUT2D eigenvalue weighted by Crippen LogP contribution is 2.32. The van der Waals surface area contributed by atoms with Gasteiger partial charge in [0.25, 0.3) is 0 Å². The minimum Gasteiger partial charge on any atom is -0.495 e. The van der Waals surface area contributed by atoms with Gasteiger partial charge in [0, 0.05) is 18.7 Å². The van der Waals surface area contributed by atoms with Crippen LogP contribution in [0.3, 0.4) is 0 Å². The third-order valence-corrected chi connectivity index (χ3v) is 5.78. The zero-order valence-corrected chi connectivity index (χ0v) is 18.1. The normalized spacial score (nSPS) is 15.8. The lowest BCUT2D eigenvalue weighted by Gasteiger charge is -2.22. The second kappa shape index (κ2) is 8.42. The molecule has 2 aromatic carbocycles. The van der Waals surface area contributed by atoms with Gasteiger partial charge in [-0.2, -0.15) is 5.10 Å². The summed E-state index contributed by atoms with van der Waals surface area (Å²) >= 11 is 0. The first-order valence-electron chi connectivity index (χ1n) is 10.7. The number of nitrogens with zero attached hydrogens (tertiary/aromatic N) is 5. The molecular weight excluding hydrogens is 405 g/mol. The number of ether oxygens (including phenoxy) is 1. The summed E-state index contributed by atoms with van der Waals surface area (Å²) in [6, 6.07) is 12.7. The predicted octanol–water partition coefficient (Wildman–Crippen LogP) is 5.02. The van der Waals surface area contributed by atoms with Crippen molar-refractivity contribution in [3.8, 4) is 11.4 Å². The molecule has 0 spiro atoms. The third kappa shape index (κ3) is 3.93. The first-order valence-corrected chi connectivity index (χ1v) is 10.7. The molecule has 3 heterocycles. The van der Waals surface area contributed by atoms with Crippen LogP contribution in [0.15, 0.2) is 55.0 Å². The largest absolute Gasteiger partial charge is 0.495 e. The Morgan fingerprint density at radius 2 is 1.97 bits per heavy atom. The highest BCUT2D eigenvalue weighted by Gasteiger charge is 2.25. The number of hydrogen-bond acceptors (Lipinski definition) is 4. The average Bonchev–Trinajstić information content (AvgIpc) is 3.43. The Morgan fingerprint density at radius 1 is 1.12 bits per heavy atom. The van der Waals surface area contributed by atoms with Crippen LogP contribution in [-0.4, -0.2) is 31.4 Å². The van der Waals surface area contributed by atoms with E-state index in [9.17, 15) is 4.39 Å². The zero-order chi connectivity index (χ0) is 22.1. The number of rotatable bonds is 5. The Hall–Kier alpha value is -3.74. The fraction of sp³-hybridized carbons (Fsp3) is 0.240. The van der Waals surface area contributed by atoms with Crippen molar-refractivity contribution in [1.82, 2.24) is 24.3 Å². The second-order valence-corrected chi connectivity index (χ2v) is 7.98. The van der Waals surface area contributed by atoms with Crippen LogP contribution in [0.5, 0.6) is 5.75 Å². The van der Waals surface area contributed by atoms with Gasteiger partial charge in [-0.3, -0.25) is 0 Å². The molecule has 7 heteroatoms. The number of benzene rings is 2. The molecule has 0 aliphatic carbocycles. The summed E-state index contributed by atoms with van der Waals surface area (Å²) in [5.41, 5.74) is 3.95. The van der Waals surface area contributed by atoms with E-state index in [1.54, 1.807) is 13.4 Å². The Balaban J connectivity index is 1.40. The van der Waals surface area contributed by atoms with Crippen molar-refractivity contribution in [1.29, 1.82) is 0 Å². The molecule has 0 N–H and O–H groups in total. The van der Waals surface area contributed by atoms with Gasteiger partial charge in [0.05, 0.1) is 24.8 Å². The van der Waals surface area contributed by atoms with Crippen LogP contribution in [0.1, 0.15) is 47.2 Å². The Labute approximate surface area is 186 Å². The number of fused-ring (bicyclic) bond motifs is 1. The number of aryl methyl sites for hydroxylation is 2. The molecule has 1 unspecified atom stereocenters. The Morgan fingerprint density at radius 3 is 2.72 bits per heavy atom. The molecule has 32 heavy (non-hydrogen) atoms. The second-order valence-electron chi connectivity index (χ2n) is 7.98. The van der Waals surface area contributed by atoms with Crippen LogP contribution in [-0.2, 0) is 6.54 Å². The molecule has 162 valence electrons. The summed E-state index contributed by atoms with van der Waals surface area (Å²) in [6.07, 6.45) is 9.65. The lowest BCUT2D eigenvalue weighted by molar-refractivity contribution is 0.413. The van der Waals surface area contributed by atoms with Gasteiger partial charge in [0.1, 0.15) is 17.4 Å². The summed E-state index contributed by atoms with van der Waals surface area (Å²) in [5.74, 6) is 2.28. The number of methoxy groups -OCH3 is 1. The van der Waals surface area contributed by atoms with Crippen LogP contribution in [0, 0.1) is 12.7 Å². The molecule has 0 saturated heterocycles. The molecule has 1 aliphatic rings. The molecule has 0 radical (unpaired) electrons. The van der Waals surface area contributed by atoms with Crippen molar-refractivity contribution >= 4 is 12.2 Å². The maximum atomic E-state index is 13.3. The van der Waals surface area contributed by atoms with Gasteiger partial charge in [0.15, 0.2) is 5.82 Å². The van der Waals surface area contributed by atoms with Crippen molar-refractivity contribution in [2.75, 3.05) is 7.11 Å². The van der Waals surface area contributed by atoms with Crippen LogP contribution < -0.4 is 4.74 Å². The molecular formula is C25H24FN5O. The van der Waals surface area contributed by atoms with E-state index in [0.29, 0.717) is 5.82 Å². The Bertz CT molecular complexity index is 1270. The van der Waals surface area contributed by atoms with E-state index in [2.05, 4.69) is 10.1 Å². The molecule has 5 rings (SSSR count). The van der Waals surface area contributed by atoms with Crippen molar-refractivity contribution in [2.45, 2.75) is 32.2 Å². The fourth-order valence-corrected chi connectivity index (χ4v) is 4.19. The molecule has 0 amide bonds. The van der Waals surface area contributed by atoms with Crippen LogP contribution in [0.25, 0.3) is 17.8 Å². The standard InChI is InChI=1S/C25H24FN5O/c1-17-15-30(16-27-17)22-11-5-18(14-23(22)32-2)6-12-24-28-25-21(4-3-13-31(25)29-24)19-7-9-20(26)10-8-19/h5-12,14-16,21H,3-4,13H2,1-2H3/b12-6+. The minimum absolute atomic E-state index is 0.136. The third-order valence-electron chi connectivity index (χ3n) is 5.78. The molecule has 1 atom stereocenters. The van der Waals surface area contributed by atoms with E-state index in [0.717, 1.165) is 53.5 Å². The van der Waals surface area contributed by atoms with Gasteiger partial charge in [0.2, 0.25) is 0 Å². The predicted molar refractivity (Wildman–Crippen MR) is 121 cm³/mol. The van der Waals surface area contributed by atoms with E-state index < -0.39 is 0 Å². The van der Waals surface area contributed by atoms with Crippen LogP contribution >= 0.6 is 0 Å². The summed E-state index contributed by atoms with van der Waals surface area (Å²) in [4.78, 5) is 9.07. The molecule has 0 bridgehead atoms. The zero-order valence-electron chi connectivity index (χ0n) is 18.1. The number of aromatic nitrogens is 5. The van der Waals surface area contributed by atoms with Crippen molar-refractivity contribution < 1.29 is 9.13 Å². The van der Waals surface area contributed by atoms with Gasteiger partial charge in [-0.25, -0.2) is 19.0 Å². The first kappa shape index (κ1) is 20.2.